The molecule has 2 aromatic carbocycles. The van der Waals surface area contributed by atoms with E-state index < -0.39 is 29.5 Å². The number of rotatable bonds is 7. The number of halogens is 2. The summed E-state index contributed by atoms with van der Waals surface area (Å²) in [5, 5.41) is 4.92. The van der Waals surface area contributed by atoms with Crippen molar-refractivity contribution >= 4 is 17.9 Å². The second-order valence-electron chi connectivity index (χ2n) is 7.13. The maximum atomic E-state index is 13.6. The van der Waals surface area contributed by atoms with Crippen LogP contribution < -0.4 is 20.1 Å². The molecular weight excluding hydrogens is 406 g/mol. The molecule has 1 aliphatic heterocycles. The molecular formula is C23H24F2N2O4. The third kappa shape index (κ3) is 5.20. The fraction of sp³-hybridized carbons (Fsp3) is 0.304. The number of ether oxygens (including phenoxy) is 2. The van der Waals surface area contributed by atoms with Crippen LogP contribution in [0.5, 0.6) is 11.5 Å². The Hall–Kier alpha value is -3.42. The van der Waals surface area contributed by atoms with E-state index in [1.54, 1.807) is 12.1 Å². The Bertz CT molecular complexity index is 1020. The SMILES string of the molecule is CCOc1cc2c(cc1/C=C/C(=O)NC(C(=O)NC)c1ccc(F)c(F)c1)OC(C)C2. The van der Waals surface area contributed by atoms with E-state index in [2.05, 4.69) is 10.6 Å². The molecule has 3 rings (SSSR count). The Balaban J connectivity index is 1.81. The van der Waals surface area contributed by atoms with Crippen LogP contribution in [0.4, 0.5) is 8.78 Å². The van der Waals surface area contributed by atoms with E-state index in [4.69, 9.17) is 9.47 Å². The molecule has 1 heterocycles. The molecule has 0 saturated heterocycles. The first-order valence-corrected chi connectivity index (χ1v) is 9.93. The minimum absolute atomic E-state index is 0.0661. The molecule has 164 valence electrons. The first-order chi connectivity index (χ1) is 14.8. The molecule has 31 heavy (non-hydrogen) atoms. The monoisotopic (exact) mass is 430 g/mol. The van der Waals surface area contributed by atoms with Gasteiger partial charge in [-0.15, -0.1) is 0 Å². The van der Waals surface area contributed by atoms with Crippen molar-refractivity contribution in [3.63, 3.8) is 0 Å². The van der Waals surface area contributed by atoms with Crippen molar-refractivity contribution in [2.75, 3.05) is 13.7 Å². The van der Waals surface area contributed by atoms with Crippen LogP contribution in [0.1, 0.15) is 36.6 Å². The Morgan fingerprint density at radius 2 is 2.03 bits per heavy atom. The van der Waals surface area contributed by atoms with Crippen molar-refractivity contribution in [1.82, 2.24) is 10.6 Å². The standard InChI is InChI=1S/C23H24F2N2O4/c1-4-30-19-12-16-9-13(2)31-20(16)11-14(19)6-8-21(28)27-22(23(29)26-3)15-5-7-17(24)18(25)10-15/h5-8,10-13,22H,4,9H2,1-3H3,(H,26,29)(H,27,28)/b8-6+. The van der Waals surface area contributed by atoms with E-state index in [0.717, 1.165) is 29.9 Å². The minimum Gasteiger partial charge on any atom is -0.493 e. The van der Waals surface area contributed by atoms with Gasteiger partial charge in [0.25, 0.3) is 0 Å². The van der Waals surface area contributed by atoms with Gasteiger partial charge < -0.3 is 20.1 Å². The number of hydrogen-bond acceptors (Lipinski definition) is 4. The third-order valence-electron chi connectivity index (χ3n) is 4.81. The zero-order valence-electron chi connectivity index (χ0n) is 17.5. The molecule has 2 unspecified atom stereocenters. The summed E-state index contributed by atoms with van der Waals surface area (Å²) in [4.78, 5) is 24.7. The zero-order valence-corrected chi connectivity index (χ0v) is 17.5. The summed E-state index contributed by atoms with van der Waals surface area (Å²) < 4.78 is 38.3. The largest absolute Gasteiger partial charge is 0.493 e. The van der Waals surface area contributed by atoms with Crippen molar-refractivity contribution in [2.45, 2.75) is 32.4 Å². The summed E-state index contributed by atoms with van der Waals surface area (Å²) in [5.74, 6) is -1.95. The van der Waals surface area contributed by atoms with Gasteiger partial charge in [-0.2, -0.15) is 0 Å². The number of amides is 2. The van der Waals surface area contributed by atoms with Crippen LogP contribution in [-0.4, -0.2) is 31.6 Å². The van der Waals surface area contributed by atoms with Gasteiger partial charge in [-0.05, 0) is 49.8 Å². The smallest absolute Gasteiger partial charge is 0.246 e. The van der Waals surface area contributed by atoms with E-state index in [1.165, 1.54) is 19.2 Å². The second-order valence-corrected chi connectivity index (χ2v) is 7.13. The van der Waals surface area contributed by atoms with E-state index in [-0.39, 0.29) is 11.7 Å². The van der Waals surface area contributed by atoms with Gasteiger partial charge in [0.2, 0.25) is 11.8 Å². The molecule has 0 fully saturated rings. The molecule has 2 amide bonds. The van der Waals surface area contributed by atoms with Crippen LogP contribution >= 0.6 is 0 Å². The second kappa shape index (κ2) is 9.59. The van der Waals surface area contributed by atoms with Crippen molar-refractivity contribution in [3.05, 3.63) is 64.7 Å². The van der Waals surface area contributed by atoms with Crippen molar-refractivity contribution in [2.24, 2.45) is 0 Å². The molecule has 2 N–H and O–H groups in total. The molecule has 0 saturated carbocycles. The van der Waals surface area contributed by atoms with Crippen LogP contribution in [0.25, 0.3) is 6.08 Å². The van der Waals surface area contributed by atoms with Crippen molar-refractivity contribution in [1.29, 1.82) is 0 Å². The van der Waals surface area contributed by atoms with Gasteiger partial charge in [-0.25, -0.2) is 8.78 Å². The van der Waals surface area contributed by atoms with Crippen LogP contribution in [-0.2, 0) is 16.0 Å². The fourth-order valence-electron chi connectivity index (χ4n) is 3.36. The quantitative estimate of drug-likeness (QED) is 0.661. The first kappa shape index (κ1) is 22.3. The summed E-state index contributed by atoms with van der Waals surface area (Å²) in [5.41, 5.74) is 1.81. The number of carbonyl (C=O) groups excluding carboxylic acids is 2. The highest BCUT2D eigenvalue weighted by Gasteiger charge is 2.23. The lowest BCUT2D eigenvalue weighted by molar-refractivity contribution is -0.126. The maximum absolute atomic E-state index is 13.6. The highest BCUT2D eigenvalue weighted by Crippen LogP contribution is 2.35. The average molecular weight is 430 g/mol. The number of fused-ring (bicyclic) bond motifs is 1. The summed E-state index contributed by atoms with van der Waals surface area (Å²) in [6, 6.07) is 5.55. The van der Waals surface area contributed by atoms with Crippen LogP contribution in [0.15, 0.2) is 36.4 Å². The lowest BCUT2D eigenvalue weighted by Crippen LogP contribution is -2.38. The van der Waals surface area contributed by atoms with Gasteiger partial charge in [-0.1, -0.05) is 6.07 Å². The lowest BCUT2D eigenvalue weighted by Gasteiger charge is -2.17. The molecule has 0 bridgehead atoms. The normalized spacial score (nSPS) is 15.8. The van der Waals surface area contributed by atoms with Gasteiger partial charge >= 0.3 is 0 Å². The molecule has 2 atom stereocenters. The third-order valence-corrected chi connectivity index (χ3v) is 4.81. The number of carbonyl (C=O) groups is 2. The van der Waals surface area contributed by atoms with Crippen LogP contribution in [0, 0.1) is 11.6 Å². The summed E-state index contributed by atoms with van der Waals surface area (Å²) in [6.07, 6.45) is 3.65. The first-order valence-electron chi connectivity index (χ1n) is 9.93. The molecule has 1 aliphatic rings. The number of hydrogen-bond donors (Lipinski definition) is 2. The number of benzene rings is 2. The highest BCUT2D eigenvalue weighted by atomic mass is 19.2. The fourth-order valence-corrected chi connectivity index (χ4v) is 3.36. The van der Waals surface area contributed by atoms with E-state index >= 15 is 0 Å². The predicted octanol–water partition coefficient (Wildman–Crippen LogP) is 3.30. The van der Waals surface area contributed by atoms with E-state index in [1.807, 2.05) is 19.9 Å². The van der Waals surface area contributed by atoms with Crippen molar-refractivity contribution in [3.8, 4) is 11.5 Å². The molecule has 0 aliphatic carbocycles. The summed E-state index contributed by atoms with van der Waals surface area (Å²) in [7, 11) is 1.39. The molecule has 2 aromatic rings. The summed E-state index contributed by atoms with van der Waals surface area (Å²) in [6.45, 7) is 4.29. The Labute approximate surface area is 179 Å². The Morgan fingerprint density at radius 3 is 2.71 bits per heavy atom. The average Bonchev–Trinajstić information content (AvgIpc) is 3.10. The Kier molecular flexibility index (Phi) is 6.89. The zero-order chi connectivity index (χ0) is 22.5. The highest BCUT2D eigenvalue weighted by molar-refractivity contribution is 5.96. The van der Waals surface area contributed by atoms with Crippen molar-refractivity contribution < 1.29 is 27.8 Å². The van der Waals surface area contributed by atoms with Gasteiger partial charge in [0.05, 0.1) is 6.61 Å². The number of nitrogens with one attached hydrogen (secondary N) is 2. The molecule has 0 aromatic heterocycles. The van der Waals surface area contributed by atoms with E-state index in [0.29, 0.717) is 17.9 Å². The topological polar surface area (TPSA) is 76.7 Å². The number of likely N-dealkylation sites (N-methyl/N-ethyl adjacent to an activating group) is 1. The molecule has 6 nitrogen and oxygen atoms in total. The molecule has 8 heteroatoms. The van der Waals surface area contributed by atoms with Gasteiger partial charge in [0, 0.05) is 30.7 Å². The van der Waals surface area contributed by atoms with Gasteiger partial charge in [0.1, 0.15) is 23.6 Å². The van der Waals surface area contributed by atoms with Crippen LogP contribution in [0.2, 0.25) is 0 Å². The molecule has 0 spiro atoms. The van der Waals surface area contributed by atoms with Gasteiger partial charge in [-0.3, -0.25) is 9.59 Å². The van der Waals surface area contributed by atoms with Crippen LogP contribution in [0.3, 0.4) is 0 Å². The lowest BCUT2D eigenvalue weighted by atomic mass is 10.0. The molecule has 0 radical (unpaired) electrons. The predicted molar refractivity (Wildman–Crippen MR) is 112 cm³/mol. The van der Waals surface area contributed by atoms with Gasteiger partial charge in [0.15, 0.2) is 11.6 Å². The van der Waals surface area contributed by atoms with E-state index in [9.17, 15) is 18.4 Å². The minimum atomic E-state index is -1.19. The Morgan fingerprint density at radius 1 is 1.26 bits per heavy atom. The summed E-state index contributed by atoms with van der Waals surface area (Å²) >= 11 is 0. The maximum Gasteiger partial charge on any atom is 0.246 e.